The fourth-order valence-electron chi connectivity index (χ4n) is 2.94. The quantitative estimate of drug-likeness (QED) is 0.305. The highest BCUT2D eigenvalue weighted by molar-refractivity contribution is 5.26. The molecule has 132 valence electrons. The molecule has 1 rings (SSSR count). The number of hydrogen-bond acceptors (Lipinski definition) is 1. The summed E-state index contributed by atoms with van der Waals surface area (Å²) in [6.07, 6.45) is 18.2. The molecule has 0 amide bonds. The summed E-state index contributed by atoms with van der Waals surface area (Å²) in [5.74, 6) is 1.01. The van der Waals surface area contributed by atoms with Gasteiger partial charge in [0.2, 0.25) is 0 Å². The lowest BCUT2D eigenvalue weighted by Gasteiger charge is -2.06. The molecule has 1 aromatic carbocycles. The maximum absolute atomic E-state index is 5.76. The maximum atomic E-state index is 5.76. The standard InChI is InChI=1S/C22H38O/c1-3-4-5-6-7-8-9-10-11-12-13-14-15-20-23-22-18-16-21(2)17-19-22/h16-19H,3-15,20H2,1-2H3. The van der Waals surface area contributed by atoms with Crippen molar-refractivity contribution in [2.75, 3.05) is 6.61 Å². The lowest BCUT2D eigenvalue weighted by molar-refractivity contribution is 0.304. The molecule has 0 radical (unpaired) electrons. The monoisotopic (exact) mass is 318 g/mol. The molecule has 0 aliphatic heterocycles. The van der Waals surface area contributed by atoms with Gasteiger partial charge < -0.3 is 4.74 Å². The average molecular weight is 319 g/mol. The van der Waals surface area contributed by atoms with Crippen LogP contribution in [0.2, 0.25) is 0 Å². The van der Waals surface area contributed by atoms with E-state index < -0.39 is 0 Å². The van der Waals surface area contributed by atoms with Gasteiger partial charge in [0.25, 0.3) is 0 Å². The van der Waals surface area contributed by atoms with Crippen LogP contribution in [0.5, 0.6) is 5.75 Å². The first-order chi connectivity index (χ1) is 11.3. The second-order valence-electron chi connectivity index (χ2n) is 6.90. The zero-order valence-corrected chi connectivity index (χ0v) is 15.6. The smallest absolute Gasteiger partial charge is 0.119 e. The average Bonchev–Trinajstić information content (AvgIpc) is 2.57. The molecule has 0 bridgehead atoms. The van der Waals surface area contributed by atoms with Gasteiger partial charge in [0, 0.05) is 0 Å². The van der Waals surface area contributed by atoms with E-state index in [-0.39, 0.29) is 0 Å². The Hall–Kier alpha value is -0.980. The van der Waals surface area contributed by atoms with Crippen LogP contribution < -0.4 is 4.74 Å². The van der Waals surface area contributed by atoms with Crippen molar-refractivity contribution >= 4 is 0 Å². The number of unbranched alkanes of at least 4 members (excludes halogenated alkanes) is 12. The van der Waals surface area contributed by atoms with E-state index in [1.165, 1.54) is 89.0 Å². The fourth-order valence-corrected chi connectivity index (χ4v) is 2.94. The van der Waals surface area contributed by atoms with Crippen molar-refractivity contribution < 1.29 is 4.74 Å². The minimum Gasteiger partial charge on any atom is -0.494 e. The van der Waals surface area contributed by atoms with Gasteiger partial charge in [-0.3, -0.25) is 0 Å². The third kappa shape index (κ3) is 12.1. The molecule has 1 aromatic rings. The van der Waals surface area contributed by atoms with Crippen molar-refractivity contribution in [1.82, 2.24) is 0 Å². The van der Waals surface area contributed by atoms with Crippen LogP contribution in [0.4, 0.5) is 0 Å². The maximum Gasteiger partial charge on any atom is 0.119 e. The van der Waals surface area contributed by atoms with Crippen molar-refractivity contribution in [2.24, 2.45) is 0 Å². The van der Waals surface area contributed by atoms with Crippen LogP contribution in [-0.4, -0.2) is 6.61 Å². The Labute approximate surface area is 144 Å². The van der Waals surface area contributed by atoms with E-state index in [4.69, 9.17) is 4.74 Å². The molecule has 0 fully saturated rings. The molecule has 0 atom stereocenters. The van der Waals surface area contributed by atoms with Crippen LogP contribution in [0, 0.1) is 6.92 Å². The Bertz CT molecular complexity index is 355. The van der Waals surface area contributed by atoms with Gasteiger partial charge in [-0.2, -0.15) is 0 Å². The summed E-state index contributed by atoms with van der Waals surface area (Å²) in [7, 11) is 0. The van der Waals surface area contributed by atoms with E-state index in [0.717, 1.165) is 12.4 Å². The Morgan fingerprint density at radius 3 is 1.52 bits per heavy atom. The van der Waals surface area contributed by atoms with Crippen LogP contribution in [0.25, 0.3) is 0 Å². The molecule has 23 heavy (non-hydrogen) atoms. The third-order valence-electron chi connectivity index (χ3n) is 4.54. The van der Waals surface area contributed by atoms with Crippen LogP contribution in [-0.2, 0) is 0 Å². The third-order valence-corrected chi connectivity index (χ3v) is 4.54. The van der Waals surface area contributed by atoms with E-state index in [1.54, 1.807) is 0 Å². The van der Waals surface area contributed by atoms with Gasteiger partial charge in [-0.05, 0) is 25.5 Å². The predicted octanol–water partition coefficient (Wildman–Crippen LogP) is 7.47. The van der Waals surface area contributed by atoms with E-state index >= 15 is 0 Å². The molecule has 0 saturated carbocycles. The lowest BCUT2D eigenvalue weighted by atomic mass is 10.0. The summed E-state index contributed by atoms with van der Waals surface area (Å²) in [4.78, 5) is 0. The summed E-state index contributed by atoms with van der Waals surface area (Å²) in [5, 5.41) is 0. The molecule has 1 heteroatoms. The molecular weight excluding hydrogens is 280 g/mol. The first-order valence-electron chi connectivity index (χ1n) is 10.0. The second kappa shape index (κ2) is 14.6. The summed E-state index contributed by atoms with van der Waals surface area (Å²) in [6.45, 7) is 5.26. The highest BCUT2D eigenvalue weighted by Crippen LogP contribution is 2.14. The molecule has 0 aromatic heterocycles. The van der Waals surface area contributed by atoms with Crippen molar-refractivity contribution in [3.63, 3.8) is 0 Å². The van der Waals surface area contributed by atoms with Crippen molar-refractivity contribution in [1.29, 1.82) is 0 Å². The molecule has 0 aliphatic carbocycles. The highest BCUT2D eigenvalue weighted by Gasteiger charge is 1.95. The molecule has 0 N–H and O–H groups in total. The first kappa shape index (κ1) is 20.1. The molecule has 0 aliphatic rings. The number of aryl methyl sites for hydroxylation is 1. The number of rotatable bonds is 15. The summed E-state index contributed by atoms with van der Waals surface area (Å²) in [5.41, 5.74) is 1.29. The first-order valence-corrected chi connectivity index (χ1v) is 10.0. The molecule has 0 spiro atoms. The Morgan fingerprint density at radius 1 is 0.609 bits per heavy atom. The van der Waals surface area contributed by atoms with Crippen molar-refractivity contribution in [3.8, 4) is 5.75 Å². The van der Waals surface area contributed by atoms with Gasteiger partial charge in [0.1, 0.15) is 5.75 Å². The summed E-state index contributed by atoms with van der Waals surface area (Å²) in [6, 6.07) is 8.35. The Morgan fingerprint density at radius 2 is 1.04 bits per heavy atom. The van der Waals surface area contributed by atoms with Crippen LogP contribution in [0.1, 0.15) is 96.0 Å². The van der Waals surface area contributed by atoms with Crippen LogP contribution >= 0.6 is 0 Å². The molecule has 0 heterocycles. The van der Waals surface area contributed by atoms with Gasteiger partial charge in [0.15, 0.2) is 0 Å². The zero-order valence-electron chi connectivity index (χ0n) is 15.6. The minimum atomic E-state index is 0.862. The highest BCUT2D eigenvalue weighted by atomic mass is 16.5. The molecule has 0 unspecified atom stereocenters. The predicted molar refractivity (Wildman–Crippen MR) is 102 cm³/mol. The van der Waals surface area contributed by atoms with Crippen LogP contribution in [0.3, 0.4) is 0 Å². The number of ether oxygens (including phenoxy) is 1. The largest absolute Gasteiger partial charge is 0.494 e. The van der Waals surface area contributed by atoms with Crippen molar-refractivity contribution in [3.05, 3.63) is 29.8 Å². The zero-order chi connectivity index (χ0) is 16.6. The van der Waals surface area contributed by atoms with Crippen LogP contribution in [0.15, 0.2) is 24.3 Å². The van der Waals surface area contributed by atoms with Gasteiger partial charge in [0.05, 0.1) is 6.61 Å². The normalized spacial score (nSPS) is 10.9. The van der Waals surface area contributed by atoms with E-state index in [2.05, 4.69) is 38.1 Å². The van der Waals surface area contributed by atoms with E-state index in [9.17, 15) is 0 Å². The van der Waals surface area contributed by atoms with E-state index in [0.29, 0.717) is 0 Å². The SMILES string of the molecule is CCCCCCCCCCCCCCCOc1ccc(C)cc1. The van der Waals surface area contributed by atoms with Gasteiger partial charge in [-0.25, -0.2) is 0 Å². The lowest BCUT2D eigenvalue weighted by Crippen LogP contribution is -1.97. The topological polar surface area (TPSA) is 9.23 Å². The molecule has 1 nitrogen and oxygen atoms in total. The molecular formula is C22H38O. The number of benzene rings is 1. The van der Waals surface area contributed by atoms with Gasteiger partial charge in [-0.15, -0.1) is 0 Å². The van der Waals surface area contributed by atoms with Gasteiger partial charge in [-0.1, -0.05) is 102 Å². The summed E-state index contributed by atoms with van der Waals surface area (Å²) < 4.78 is 5.76. The number of hydrogen-bond donors (Lipinski definition) is 0. The Kier molecular flexibility index (Phi) is 12.7. The van der Waals surface area contributed by atoms with Gasteiger partial charge >= 0.3 is 0 Å². The summed E-state index contributed by atoms with van der Waals surface area (Å²) >= 11 is 0. The fraction of sp³-hybridized carbons (Fsp3) is 0.727. The second-order valence-corrected chi connectivity index (χ2v) is 6.90. The Balaban J connectivity index is 1.77. The van der Waals surface area contributed by atoms with Crippen molar-refractivity contribution in [2.45, 2.75) is 97.3 Å². The minimum absolute atomic E-state index is 0.862. The molecule has 0 saturated heterocycles. The van der Waals surface area contributed by atoms with E-state index in [1.807, 2.05) is 0 Å².